The van der Waals surface area contributed by atoms with Gasteiger partial charge >= 0.3 is 11.8 Å². The first kappa shape index (κ1) is 18.7. The summed E-state index contributed by atoms with van der Waals surface area (Å²) >= 11 is 0. The molecule has 1 amide bonds. The van der Waals surface area contributed by atoms with Gasteiger partial charge in [-0.05, 0) is 13.1 Å². The number of aliphatic carboxylic acids is 1. The Kier molecular flexibility index (Phi) is 6.21. The number of hydrogen-bond donors (Lipinski definition) is 3. The maximum absolute atomic E-state index is 14.3. The van der Waals surface area contributed by atoms with E-state index in [1.54, 1.807) is 4.90 Å². The van der Waals surface area contributed by atoms with Gasteiger partial charge in [0.25, 0.3) is 0 Å². The fourth-order valence-electron chi connectivity index (χ4n) is 2.45. The van der Waals surface area contributed by atoms with E-state index in [4.69, 9.17) is 9.84 Å². The van der Waals surface area contributed by atoms with Crippen molar-refractivity contribution in [3.05, 3.63) is 0 Å². The van der Waals surface area contributed by atoms with Crippen molar-refractivity contribution in [1.82, 2.24) is 10.2 Å². The summed E-state index contributed by atoms with van der Waals surface area (Å²) in [4.78, 5) is 24.0. The van der Waals surface area contributed by atoms with Crippen molar-refractivity contribution < 1.29 is 33.3 Å². The van der Waals surface area contributed by atoms with Crippen molar-refractivity contribution in [2.45, 2.75) is 51.0 Å². The van der Waals surface area contributed by atoms with Crippen LogP contribution in [0.3, 0.4) is 0 Å². The van der Waals surface area contributed by atoms with E-state index >= 15 is 0 Å². The van der Waals surface area contributed by atoms with Gasteiger partial charge < -0.3 is 25.2 Å². The summed E-state index contributed by atoms with van der Waals surface area (Å²) in [5.74, 6) is -6.36. The Bertz CT molecular complexity index is 421. The zero-order chi connectivity index (χ0) is 17.1. The summed E-state index contributed by atoms with van der Waals surface area (Å²) in [7, 11) is 0. The molecule has 1 aliphatic heterocycles. The molecule has 1 saturated heterocycles. The Labute approximate surface area is 127 Å². The number of alkyl halides is 2. The molecule has 22 heavy (non-hydrogen) atoms. The molecule has 3 unspecified atom stereocenters. The van der Waals surface area contributed by atoms with Crippen LogP contribution in [0, 0.1) is 0 Å². The number of nitrogens with zero attached hydrogens (tertiary/aromatic N) is 1. The van der Waals surface area contributed by atoms with Gasteiger partial charge in [0.1, 0.15) is 6.10 Å². The van der Waals surface area contributed by atoms with Gasteiger partial charge in [-0.25, -0.2) is 9.18 Å². The van der Waals surface area contributed by atoms with E-state index in [9.17, 15) is 23.5 Å². The van der Waals surface area contributed by atoms with E-state index in [0.29, 0.717) is 13.1 Å². The Morgan fingerprint density at radius 1 is 1.36 bits per heavy atom. The summed E-state index contributed by atoms with van der Waals surface area (Å²) < 4.78 is 33.0. The molecule has 5 atom stereocenters. The molecule has 0 radical (unpaired) electrons. The normalized spacial score (nSPS) is 35.4. The van der Waals surface area contributed by atoms with E-state index in [0.717, 1.165) is 6.92 Å². The minimum absolute atomic E-state index is 0.0423. The topological polar surface area (TPSA) is 99.1 Å². The number of carbonyl (C=O) groups is 2. The van der Waals surface area contributed by atoms with Crippen LogP contribution in [-0.2, 0) is 14.3 Å². The Balaban J connectivity index is 3.08. The molecule has 0 saturated carbocycles. The van der Waals surface area contributed by atoms with Gasteiger partial charge in [-0.15, -0.1) is 0 Å². The van der Waals surface area contributed by atoms with Gasteiger partial charge in [0.15, 0.2) is 6.17 Å². The molecule has 0 aliphatic carbocycles. The number of aliphatic hydroxyl groups is 1. The lowest BCUT2D eigenvalue weighted by Crippen LogP contribution is -2.69. The summed E-state index contributed by atoms with van der Waals surface area (Å²) in [6.45, 7) is 5.97. The molecule has 3 N–H and O–H groups in total. The van der Waals surface area contributed by atoms with Crippen LogP contribution in [0.1, 0.15) is 20.8 Å². The lowest BCUT2D eigenvalue weighted by atomic mass is 9.91. The van der Waals surface area contributed by atoms with Crippen molar-refractivity contribution in [2.75, 3.05) is 19.6 Å². The van der Waals surface area contributed by atoms with E-state index < -0.39 is 42.2 Å². The average Bonchev–Trinajstić information content (AvgIpc) is 2.45. The Morgan fingerprint density at radius 3 is 2.32 bits per heavy atom. The van der Waals surface area contributed by atoms with Crippen LogP contribution in [0.15, 0.2) is 0 Å². The molecule has 1 rings (SSSR count). The molecule has 0 aromatic rings. The molecule has 1 heterocycles. The number of carboxylic acid groups (broad SMARTS) is 1. The van der Waals surface area contributed by atoms with Gasteiger partial charge in [-0.2, -0.15) is 4.39 Å². The number of ether oxygens (including phenoxy) is 1. The monoisotopic (exact) mass is 324 g/mol. The van der Waals surface area contributed by atoms with Crippen LogP contribution in [-0.4, -0.2) is 76.9 Å². The van der Waals surface area contributed by atoms with E-state index in [-0.39, 0.29) is 6.54 Å². The fourth-order valence-corrected chi connectivity index (χ4v) is 2.45. The second-order valence-electron chi connectivity index (χ2n) is 5.21. The highest BCUT2D eigenvalue weighted by molar-refractivity contribution is 5.77. The highest BCUT2D eigenvalue weighted by Crippen LogP contribution is 2.34. The molecular formula is C13H22F2N2O5. The van der Waals surface area contributed by atoms with Crippen molar-refractivity contribution in [3.8, 4) is 0 Å². The van der Waals surface area contributed by atoms with Crippen molar-refractivity contribution >= 4 is 11.9 Å². The molecule has 0 aromatic carbocycles. The summed E-state index contributed by atoms with van der Waals surface area (Å²) in [5, 5.41) is 21.1. The number of carbonyl (C=O) groups excluding carboxylic acids is 1. The minimum Gasteiger partial charge on any atom is -0.477 e. The number of rotatable bonds is 6. The third-order valence-electron chi connectivity index (χ3n) is 3.74. The lowest BCUT2D eigenvalue weighted by Gasteiger charge is -2.44. The number of nitrogens with one attached hydrogen (secondary N) is 1. The second kappa shape index (κ2) is 7.30. The first-order valence-electron chi connectivity index (χ1n) is 7.09. The summed E-state index contributed by atoms with van der Waals surface area (Å²) in [6, 6.07) is -1.24. The predicted octanol–water partition coefficient (Wildman–Crippen LogP) is -0.319. The minimum atomic E-state index is -3.65. The van der Waals surface area contributed by atoms with Crippen LogP contribution in [0.4, 0.5) is 8.78 Å². The van der Waals surface area contributed by atoms with Crippen LogP contribution < -0.4 is 5.32 Å². The highest BCUT2D eigenvalue weighted by Gasteiger charge is 2.61. The molecular weight excluding hydrogens is 302 g/mol. The SMILES string of the molecule is CCN(CC)CC1O[C@@](F)(C(=O)O)C(F)C(O)[C@H]1NC(C)=O. The van der Waals surface area contributed by atoms with Gasteiger partial charge in [0.05, 0.1) is 12.1 Å². The van der Waals surface area contributed by atoms with Crippen molar-refractivity contribution in [3.63, 3.8) is 0 Å². The molecule has 1 aliphatic rings. The van der Waals surface area contributed by atoms with Gasteiger partial charge in [0.2, 0.25) is 5.91 Å². The fraction of sp³-hybridized carbons (Fsp3) is 0.846. The number of aliphatic hydroxyl groups excluding tert-OH is 1. The lowest BCUT2D eigenvalue weighted by molar-refractivity contribution is -0.276. The maximum Gasteiger partial charge on any atom is 0.372 e. The zero-order valence-corrected chi connectivity index (χ0v) is 12.8. The smallest absolute Gasteiger partial charge is 0.372 e. The van der Waals surface area contributed by atoms with Gasteiger partial charge in [-0.1, -0.05) is 13.8 Å². The van der Waals surface area contributed by atoms with Crippen molar-refractivity contribution in [2.24, 2.45) is 0 Å². The van der Waals surface area contributed by atoms with Gasteiger partial charge in [0, 0.05) is 13.5 Å². The third kappa shape index (κ3) is 3.71. The molecule has 128 valence electrons. The number of carboxylic acids is 1. The number of halogens is 2. The zero-order valence-electron chi connectivity index (χ0n) is 12.8. The number of amides is 1. The molecule has 7 nitrogen and oxygen atoms in total. The largest absolute Gasteiger partial charge is 0.477 e. The summed E-state index contributed by atoms with van der Waals surface area (Å²) in [5.41, 5.74) is 0. The molecule has 9 heteroatoms. The number of hydrogen-bond acceptors (Lipinski definition) is 5. The highest BCUT2D eigenvalue weighted by atomic mass is 19.2. The molecule has 0 spiro atoms. The Morgan fingerprint density at radius 2 is 1.91 bits per heavy atom. The first-order chi connectivity index (χ1) is 10.2. The van der Waals surface area contributed by atoms with Crippen molar-refractivity contribution in [1.29, 1.82) is 0 Å². The summed E-state index contributed by atoms with van der Waals surface area (Å²) in [6.07, 6.45) is -6.04. The van der Waals surface area contributed by atoms with Gasteiger partial charge in [-0.3, -0.25) is 4.79 Å². The Hall–Kier alpha value is -1.32. The van der Waals surface area contributed by atoms with Crippen LogP contribution in [0.2, 0.25) is 0 Å². The van der Waals surface area contributed by atoms with E-state index in [2.05, 4.69) is 5.32 Å². The molecule has 0 bridgehead atoms. The van der Waals surface area contributed by atoms with Crippen LogP contribution >= 0.6 is 0 Å². The second-order valence-corrected chi connectivity index (χ2v) is 5.21. The van der Waals surface area contributed by atoms with E-state index in [1.165, 1.54) is 0 Å². The number of likely N-dealkylation sites (N-methyl/N-ethyl adjacent to an activating group) is 1. The maximum atomic E-state index is 14.3. The standard InChI is InChI=1S/C13H22F2N2O5/c1-4-17(5-2)6-8-9(16-7(3)18)10(19)11(14)13(15,22-8)12(20)21/h8-11,19H,4-6H2,1-3H3,(H,16,18)(H,20,21)/t8?,9-,10?,11?,13+/m0/s1. The third-order valence-corrected chi connectivity index (χ3v) is 3.74. The first-order valence-corrected chi connectivity index (χ1v) is 7.09. The predicted molar refractivity (Wildman–Crippen MR) is 72.6 cm³/mol. The molecule has 0 aromatic heterocycles. The molecule has 1 fully saturated rings. The average molecular weight is 324 g/mol. The quantitative estimate of drug-likeness (QED) is 0.619. The van der Waals surface area contributed by atoms with Crippen LogP contribution in [0.5, 0.6) is 0 Å². The van der Waals surface area contributed by atoms with E-state index in [1.807, 2.05) is 13.8 Å². The van der Waals surface area contributed by atoms with Crippen LogP contribution in [0.25, 0.3) is 0 Å².